The molecule has 0 radical (unpaired) electrons. The number of hydrogen-bond acceptors (Lipinski definition) is 5. The van der Waals surface area contributed by atoms with Crippen molar-refractivity contribution < 1.29 is 27.4 Å². The third-order valence-electron chi connectivity index (χ3n) is 6.77. The quantitative estimate of drug-likeness (QED) is 0.241. The summed E-state index contributed by atoms with van der Waals surface area (Å²) in [6.45, 7) is 5.93. The number of ether oxygens (including phenoxy) is 2. The van der Waals surface area contributed by atoms with Crippen LogP contribution in [0.15, 0.2) is 48.5 Å². The second kappa shape index (κ2) is 10.5. The highest BCUT2D eigenvalue weighted by atomic mass is 35.5. The molecule has 0 saturated carbocycles. The Morgan fingerprint density at radius 1 is 0.975 bits per heavy atom. The molecule has 1 amide bonds. The minimum absolute atomic E-state index is 0.104. The molecule has 0 atom stereocenters. The zero-order valence-electron chi connectivity index (χ0n) is 22.3. The first-order valence-corrected chi connectivity index (χ1v) is 12.9. The number of hydrogen-bond donors (Lipinski definition) is 0. The summed E-state index contributed by atoms with van der Waals surface area (Å²) in [6.07, 6.45) is 0. The van der Waals surface area contributed by atoms with Gasteiger partial charge in [-0.25, -0.2) is 13.2 Å². The van der Waals surface area contributed by atoms with Crippen molar-refractivity contribution in [1.29, 1.82) is 0 Å². The number of rotatable bonds is 8. The molecule has 208 valence electrons. The summed E-state index contributed by atoms with van der Waals surface area (Å²) in [6, 6.07) is 12.1. The monoisotopic (exact) mass is 570 g/mol. The third kappa shape index (κ3) is 4.99. The summed E-state index contributed by atoms with van der Waals surface area (Å²) in [7, 11) is 1.58. The lowest BCUT2D eigenvalue weighted by atomic mass is 10.0. The molecular formula is C29H26ClF3N4O3. The molecule has 1 aromatic heterocycles. The molecule has 11 heteroatoms. The van der Waals surface area contributed by atoms with E-state index in [1.54, 1.807) is 43.4 Å². The van der Waals surface area contributed by atoms with Gasteiger partial charge in [0, 0.05) is 30.2 Å². The standard InChI is InChI=1S/C29H26ClF3N4O3/c1-5-37-26(34-35-28(37)29(2,3)40-25-23(32)11-18(30)12-24(25)33)21-10-17-15-36(27(38)20(17)13-22(21)31)14-16-6-8-19(39-4)9-7-16/h6-13H,5,14-15H2,1-4H3. The van der Waals surface area contributed by atoms with Gasteiger partial charge in [-0.05, 0) is 68.3 Å². The summed E-state index contributed by atoms with van der Waals surface area (Å²) in [5, 5.41) is 8.31. The van der Waals surface area contributed by atoms with Crippen LogP contribution in [0.4, 0.5) is 13.2 Å². The average molecular weight is 571 g/mol. The highest BCUT2D eigenvalue weighted by Crippen LogP contribution is 2.36. The van der Waals surface area contributed by atoms with E-state index < -0.39 is 28.8 Å². The lowest BCUT2D eigenvalue weighted by molar-refractivity contribution is 0.0766. The fraction of sp³-hybridized carbons (Fsp3) is 0.276. The molecule has 0 fully saturated rings. The van der Waals surface area contributed by atoms with Gasteiger partial charge in [0.15, 0.2) is 34.6 Å². The molecule has 0 bridgehead atoms. The summed E-state index contributed by atoms with van der Waals surface area (Å²) in [5.74, 6) is -2.30. The van der Waals surface area contributed by atoms with E-state index in [-0.39, 0.29) is 33.7 Å². The van der Waals surface area contributed by atoms with Crippen LogP contribution in [0.3, 0.4) is 0 Å². The lowest BCUT2D eigenvalue weighted by Crippen LogP contribution is -2.30. The van der Waals surface area contributed by atoms with Crippen LogP contribution in [-0.4, -0.2) is 32.7 Å². The molecule has 1 aliphatic rings. The molecule has 1 aliphatic heterocycles. The normalized spacial score (nSPS) is 13.1. The van der Waals surface area contributed by atoms with Crippen LogP contribution in [0, 0.1) is 17.5 Å². The number of carbonyl (C=O) groups is 1. The molecule has 5 rings (SSSR count). The summed E-state index contributed by atoms with van der Waals surface area (Å²) >= 11 is 5.73. The number of amides is 1. The first-order chi connectivity index (χ1) is 19.0. The Labute approximate surface area is 234 Å². The number of benzene rings is 3. The van der Waals surface area contributed by atoms with Crippen molar-refractivity contribution in [2.75, 3.05) is 7.11 Å². The van der Waals surface area contributed by atoms with E-state index in [0.717, 1.165) is 17.7 Å². The van der Waals surface area contributed by atoms with Gasteiger partial charge in [-0.3, -0.25) is 4.79 Å². The number of halogens is 4. The maximum absolute atomic E-state index is 15.4. The van der Waals surface area contributed by atoms with Crippen LogP contribution in [0.2, 0.25) is 5.02 Å². The van der Waals surface area contributed by atoms with Crippen molar-refractivity contribution in [3.8, 4) is 22.9 Å². The van der Waals surface area contributed by atoms with E-state index >= 15 is 4.39 Å². The molecule has 0 unspecified atom stereocenters. The fourth-order valence-electron chi connectivity index (χ4n) is 4.82. The molecule has 4 aromatic rings. The van der Waals surface area contributed by atoms with Crippen molar-refractivity contribution in [1.82, 2.24) is 19.7 Å². The fourth-order valence-corrected chi connectivity index (χ4v) is 5.01. The molecule has 0 N–H and O–H groups in total. The summed E-state index contributed by atoms with van der Waals surface area (Å²) in [5.41, 5.74) is 0.652. The van der Waals surface area contributed by atoms with Gasteiger partial charge in [0.25, 0.3) is 5.91 Å². The van der Waals surface area contributed by atoms with Gasteiger partial charge < -0.3 is 18.9 Å². The summed E-state index contributed by atoms with van der Waals surface area (Å²) in [4.78, 5) is 14.7. The first kappa shape index (κ1) is 27.5. The van der Waals surface area contributed by atoms with Crippen molar-refractivity contribution in [2.24, 2.45) is 0 Å². The SMILES string of the molecule is CCn1c(-c2cc3c(cc2F)C(=O)N(Cc2ccc(OC)cc2)C3)nnc1C(C)(C)Oc1c(F)cc(Cl)cc1F. The minimum Gasteiger partial charge on any atom is -0.497 e. The Kier molecular flexibility index (Phi) is 7.22. The van der Waals surface area contributed by atoms with Gasteiger partial charge in [0.2, 0.25) is 0 Å². The molecule has 7 nitrogen and oxygen atoms in total. The van der Waals surface area contributed by atoms with Gasteiger partial charge in [-0.1, -0.05) is 23.7 Å². The van der Waals surface area contributed by atoms with E-state index in [1.807, 2.05) is 24.3 Å². The molecule has 2 heterocycles. The van der Waals surface area contributed by atoms with Gasteiger partial charge in [0.05, 0.1) is 12.7 Å². The van der Waals surface area contributed by atoms with Crippen molar-refractivity contribution in [2.45, 2.75) is 46.0 Å². The Morgan fingerprint density at radius 2 is 1.65 bits per heavy atom. The Hall–Kier alpha value is -4.05. The van der Waals surface area contributed by atoms with Crippen LogP contribution in [-0.2, 0) is 25.2 Å². The smallest absolute Gasteiger partial charge is 0.254 e. The Morgan fingerprint density at radius 3 is 2.27 bits per heavy atom. The second-order valence-corrected chi connectivity index (χ2v) is 10.3. The van der Waals surface area contributed by atoms with Crippen LogP contribution >= 0.6 is 11.6 Å². The largest absolute Gasteiger partial charge is 0.497 e. The number of carbonyl (C=O) groups excluding carboxylic acids is 1. The molecular weight excluding hydrogens is 545 g/mol. The topological polar surface area (TPSA) is 69.5 Å². The second-order valence-electron chi connectivity index (χ2n) is 9.90. The van der Waals surface area contributed by atoms with Crippen LogP contribution < -0.4 is 9.47 Å². The number of nitrogens with zero attached hydrogens (tertiary/aromatic N) is 4. The van der Waals surface area contributed by atoms with Crippen LogP contribution in [0.5, 0.6) is 11.5 Å². The van der Waals surface area contributed by atoms with E-state index in [0.29, 0.717) is 30.9 Å². The van der Waals surface area contributed by atoms with Gasteiger partial charge in [-0.2, -0.15) is 0 Å². The van der Waals surface area contributed by atoms with Crippen molar-refractivity contribution >= 4 is 17.5 Å². The maximum atomic E-state index is 15.4. The van der Waals surface area contributed by atoms with Gasteiger partial charge >= 0.3 is 0 Å². The first-order valence-electron chi connectivity index (χ1n) is 12.5. The zero-order chi connectivity index (χ0) is 28.8. The lowest BCUT2D eigenvalue weighted by Gasteiger charge is -2.26. The number of methoxy groups -OCH3 is 1. The molecule has 40 heavy (non-hydrogen) atoms. The van der Waals surface area contributed by atoms with E-state index in [4.69, 9.17) is 21.1 Å². The van der Waals surface area contributed by atoms with Gasteiger partial charge in [-0.15, -0.1) is 10.2 Å². The maximum Gasteiger partial charge on any atom is 0.254 e. The molecule has 0 spiro atoms. The number of fused-ring (bicyclic) bond motifs is 1. The van der Waals surface area contributed by atoms with Crippen molar-refractivity contribution in [3.05, 3.63) is 93.5 Å². The highest BCUT2D eigenvalue weighted by molar-refractivity contribution is 6.30. The van der Waals surface area contributed by atoms with E-state index in [2.05, 4.69) is 10.2 Å². The van der Waals surface area contributed by atoms with Crippen molar-refractivity contribution in [3.63, 3.8) is 0 Å². The molecule has 0 saturated heterocycles. The number of aromatic nitrogens is 3. The zero-order valence-corrected chi connectivity index (χ0v) is 23.0. The Bertz CT molecular complexity index is 1580. The molecule has 0 aliphatic carbocycles. The van der Waals surface area contributed by atoms with Gasteiger partial charge in [0.1, 0.15) is 11.6 Å². The average Bonchev–Trinajstić information content (AvgIpc) is 3.48. The minimum atomic E-state index is -1.35. The predicted molar refractivity (Wildman–Crippen MR) is 143 cm³/mol. The van der Waals surface area contributed by atoms with E-state index in [1.165, 1.54) is 6.07 Å². The van der Waals surface area contributed by atoms with Crippen LogP contribution in [0.25, 0.3) is 11.4 Å². The Balaban J connectivity index is 1.45. The highest BCUT2D eigenvalue weighted by Gasteiger charge is 2.35. The molecule has 3 aromatic carbocycles. The van der Waals surface area contributed by atoms with E-state index in [9.17, 15) is 13.6 Å². The predicted octanol–water partition coefficient (Wildman–Crippen LogP) is 6.51. The third-order valence-corrected chi connectivity index (χ3v) is 6.99. The summed E-state index contributed by atoms with van der Waals surface area (Å²) < 4.78 is 56.8. The van der Waals surface area contributed by atoms with Crippen LogP contribution in [0.1, 0.15) is 48.1 Å².